The van der Waals surface area contributed by atoms with Crippen molar-refractivity contribution in [1.29, 1.82) is 0 Å². The van der Waals surface area contributed by atoms with Crippen molar-refractivity contribution in [3.05, 3.63) is 48.0 Å². The quantitative estimate of drug-likeness (QED) is 0.555. The minimum atomic E-state index is -0.149. The van der Waals surface area contributed by atoms with Crippen LogP contribution in [0.15, 0.2) is 42.5 Å². The maximum atomic E-state index is 12.4. The van der Waals surface area contributed by atoms with Gasteiger partial charge in [0.05, 0.1) is 20.6 Å². The molecule has 1 atom stereocenters. The van der Waals surface area contributed by atoms with Crippen molar-refractivity contribution in [3.63, 3.8) is 0 Å². The summed E-state index contributed by atoms with van der Waals surface area (Å²) in [5.41, 5.74) is 1.70. The zero-order chi connectivity index (χ0) is 13.8. The van der Waals surface area contributed by atoms with Crippen LogP contribution in [0.1, 0.15) is 31.9 Å². The van der Waals surface area contributed by atoms with Gasteiger partial charge in [-0.3, -0.25) is 4.79 Å². The van der Waals surface area contributed by atoms with Gasteiger partial charge in [0.25, 0.3) is 0 Å². The minimum Gasteiger partial charge on any atom is -0.316 e. The first-order chi connectivity index (χ1) is 8.40. The van der Waals surface area contributed by atoms with Crippen LogP contribution in [0.3, 0.4) is 0 Å². The van der Waals surface area contributed by atoms with Gasteiger partial charge in [-0.15, -0.1) is 0 Å². The molecule has 1 unspecified atom stereocenters. The van der Waals surface area contributed by atoms with E-state index in [1.165, 1.54) is 0 Å². The van der Waals surface area contributed by atoms with Gasteiger partial charge in [0.15, 0.2) is 6.04 Å². The lowest BCUT2D eigenvalue weighted by Crippen LogP contribution is -2.47. The molecule has 1 aromatic carbocycles. The van der Waals surface area contributed by atoms with E-state index in [1.54, 1.807) is 6.92 Å². The summed E-state index contributed by atoms with van der Waals surface area (Å²) in [4.78, 5) is 12.4. The van der Waals surface area contributed by atoms with Crippen LogP contribution < -0.4 is 0 Å². The molecule has 0 aliphatic heterocycles. The molecule has 0 aliphatic rings. The number of rotatable bonds is 6. The first kappa shape index (κ1) is 14.7. The summed E-state index contributed by atoms with van der Waals surface area (Å²) in [5, 5.41) is 0. The Balaban J connectivity index is 3.19. The molecule has 1 aromatic rings. The Hall–Kier alpha value is -1.41. The lowest BCUT2D eigenvalue weighted by atomic mass is 9.95. The topological polar surface area (TPSA) is 17.1 Å². The number of ketones is 1. The predicted octanol–water partition coefficient (Wildman–Crippen LogP) is 3.36. The molecule has 0 amide bonds. The summed E-state index contributed by atoms with van der Waals surface area (Å²) in [6, 6.07) is 9.86. The van der Waals surface area contributed by atoms with Crippen molar-refractivity contribution in [2.45, 2.75) is 26.3 Å². The van der Waals surface area contributed by atoms with Gasteiger partial charge >= 0.3 is 0 Å². The molecule has 0 aromatic heterocycles. The Bertz CT molecular complexity index is 420. The number of nitrogens with zero attached hydrogens (tertiary/aromatic N) is 1. The number of benzene rings is 1. The van der Waals surface area contributed by atoms with Crippen LogP contribution in [0.2, 0.25) is 0 Å². The Labute approximate surface area is 111 Å². The van der Waals surface area contributed by atoms with Crippen LogP contribution >= 0.6 is 0 Å². The normalized spacial score (nSPS) is 13.1. The lowest BCUT2D eigenvalue weighted by Gasteiger charge is -2.37. The summed E-state index contributed by atoms with van der Waals surface area (Å²) in [6.45, 7) is 8.73. The van der Waals surface area contributed by atoms with Gasteiger partial charge in [-0.1, -0.05) is 43.8 Å². The van der Waals surface area contributed by atoms with Crippen molar-refractivity contribution >= 4 is 5.78 Å². The fraction of sp³-hybridized carbons (Fsp3) is 0.438. The van der Waals surface area contributed by atoms with E-state index in [0.29, 0.717) is 10.1 Å². The monoisotopic (exact) mass is 246 g/mol. The van der Waals surface area contributed by atoms with Gasteiger partial charge in [-0.2, -0.15) is 0 Å². The van der Waals surface area contributed by atoms with E-state index in [1.807, 2.05) is 30.3 Å². The number of Topliss-reactive ketones (excluding diaryl/α,β-unsaturated/α-hetero) is 1. The Morgan fingerprint density at radius 3 is 2.28 bits per heavy atom. The molecular formula is C16H24NO+. The molecule has 0 radical (unpaired) electrons. The van der Waals surface area contributed by atoms with Crippen LogP contribution in [0, 0.1) is 0 Å². The van der Waals surface area contributed by atoms with E-state index >= 15 is 0 Å². The second kappa shape index (κ2) is 5.96. The highest BCUT2D eigenvalue weighted by Crippen LogP contribution is 2.28. The highest BCUT2D eigenvalue weighted by molar-refractivity contribution is 5.98. The van der Waals surface area contributed by atoms with Crippen molar-refractivity contribution in [2.24, 2.45) is 0 Å². The van der Waals surface area contributed by atoms with E-state index in [4.69, 9.17) is 0 Å². The van der Waals surface area contributed by atoms with Gasteiger partial charge in [-0.25, -0.2) is 0 Å². The highest BCUT2D eigenvalue weighted by Gasteiger charge is 2.35. The second-order valence-corrected chi connectivity index (χ2v) is 5.46. The Morgan fingerprint density at radius 1 is 1.28 bits per heavy atom. The van der Waals surface area contributed by atoms with Gasteiger partial charge in [-0.05, 0) is 18.9 Å². The number of hydrogen-bond acceptors (Lipinski definition) is 1. The van der Waals surface area contributed by atoms with Crippen molar-refractivity contribution < 1.29 is 9.28 Å². The summed E-state index contributed by atoms with van der Waals surface area (Å²) < 4.78 is 0.673. The van der Waals surface area contributed by atoms with Gasteiger partial charge in [0.2, 0.25) is 5.78 Å². The van der Waals surface area contributed by atoms with Gasteiger partial charge in [0, 0.05) is 5.56 Å². The van der Waals surface area contributed by atoms with Crippen molar-refractivity contribution in [2.75, 3.05) is 20.6 Å². The number of likely N-dealkylation sites (N-methyl/N-ethyl adjacent to an activating group) is 1. The molecule has 0 fully saturated rings. The molecular weight excluding hydrogens is 222 g/mol. The fourth-order valence-corrected chi connectivity index (χ4v) is 2.45. The predicted molar refractivity (Wildman–Crippen MR) is 76.3 cm³/mol. The molecule has 0 N–H and O–H groups in total. The van der Waals surface area contributed by atoms with Gasteiger partial charge < -0.3 is 4.48 Å². The third-order valence-corrected chi connectivity index (χ3v) is 3.28. The maximum absolute atomic E-state index is 12.4. The summed E-state index contributed by atoms with van der Waals surface area (Å²) >= 11 is 0. The summed E-state index contributed by atoms with van der Waals surface area (Å²) in [7, 11) is 4.23. The SMILES string of the molecule is C=C(C)C(=O)C(c1ccccc1)[N+](C)(C)CCC. The third kappa shape index (κ3) is 3.30. The van der Waals surface area contributed by atoms with Crippen LogP contribution in [0.25, 0.3) is 0 Å². The molecule has 1 rings (SSSR count). The van der Waals surface area contributed by atoms with Crippen LogP contribution in [-0.4, -0.2) is 30.9 Å². The van der Waals surface area contributed by atoms with Crippen molar-refractivity contribution in [1.82, 2.24) is 0 Å². The maximum Gasteiger partial charge on any atom is 0.219 e. The Morgan fingerprint density at radius 2 is 1.83 bits per heavy atom. The zero-order valence-corrected chi connectivity index (χ0v) is 11.9. The van der Waals surface area contributed by atoms with E-state index in [9.17, 15) is 4.79 Å². The van der Waals surface area contributed by atoms with Crippen LogP contribution in [0.4, 0.5) is 0 Å². The third-order valence-electron chi connectivity index (χ3n) is 3.28. The average Bonchev–Trinajstić information content (AvgIpc) is 2.29. The first-order valence-electron chi connectivity index (χ1n) is 6.47. The lowest BCUT2D eigenvalue weighted by molar-refractivity contribution is -0.911. The number of carbonyl (C=O) groups excluding carboxylic acids is 1. The molecule has 18 heavy (non-hydrogen) atoms. The fourth-order valence-electron chi connectivity index (χ4n) is 2.45. The van der Waals surface area contributed by atoms with Gasteiger partial charge in [0.1, 0.15) is 0 Å². The first-order valence-corrected chi connectivity index (χ1v) is 6.47. The zero-order valence-electron chi connectivity index (χ0n) is 11.9. The van der Waals surface area contributed by atoms with Crippen LogP contribution in [0.5, 0.6) is 0 Å². The van der Waals surface area contributed by atoms with Crippen LogP contribution in [-0.2, 0) is 4.79 Å². The minimum absolute atomic E-state index is 0.139. The number of carbonyl (C=O) groups is 1. The molecule has 98 valence electrons. The second-order valence-electron chi connectivity index (χ2n) is 5.46. The standard InChI is InChI=1S/C16H24NO/c1-6-12-17(4,5)15(16(18)13(2)3)14-10-8-7-9-11-14/h7-11,15H,2,6,12H2,1,3-5H3/q+1. The molecule has 0 bridgehead atoms. The Kier molecular flexibility index (Phi) is 4.85. The molecule has 2 heteroatoms. The highest BCUT2D eigenvalue weighted by atomic mass is 16.1. The molecule has 0 saturated carbocycles. The molecule has 0 spiro atoms. The molecule has 0 aliphatic carbocycles. The van der Waals surface area contributed by atoms with Crippen molar-refractivity contribution in [3.8, 4) is 0 Å². The largest absolute Gasteiger partial charge is 0.316 e. The summed E-state index contributed by atoms with van der Waals surface area (Å²) in [6.07, 6.45) is 1.06. The average molecular weight is 246 g/mol. The van der Waals surface area contributed by atoms with E-state index in [-0.39, 0.29) is 11.8 Å². The van der Waals surface area contributed by atoms with E-state index in [0.717, 1.165) is 18.5 Å². The van der Waals surface area contributed by atoms with E-state index < -0.39 is 0 Å². The number of quaternary nitrogens is 1. The molecule has 0 saturated heterocycles. The van der Waals surface area contributed by atoms with E-state index in [2.05, 4.69) is 27.6 Å². The molecule has 0 heterocycles. The smallest absolute Gasteiger partial charge is 0.219 e. The molecule has 2 nitrogen and oxygen atoms in total. The summed E-state index contributed by atoms with van der Waals surface area (Å²) in [5.74, 6) is 0.139. The number of hydrogen-bond donors (Lipinski definition) is 0.